The second-order valence-corrected chi connectivity index (χ2v) is 7.38. The van der Waals surface area contributed by atoms with Gasteiger partial charge in [0.2, 0.25) is 0 Å². The van der Waals surface area contributed by atoms with Gasteiger partial charge in [-0.3, -0.25) is 4.98 Å². The van der Waals surface area contributed by atoms with Crippen LogP contribution in [0.25, 0.3) is 11.4 Å². The lowest BCUT2D eigenvalue weighted by atomic mass is 10.1. The summed E-state index contributed by atoms with van der Waals surface area (Å²) in [6.45, 7) is 0.682. The Morgan fingerprint density at radius 2 is 1.64 bits per heavy atom. The molecule has 144 valence electrons. The SMILES string of the molecule is c1ccc(-c2nc(NCc3cccnc3)cc(NC3CCCCCC3)n2)cc1. The van der Waals surface area contributed by atoms with Gasteiger partial charge in [-0.1, -0.05) is 62.1 Å². The van der Waals surface area contributed by atoms with Crippen LogP contribution in [0.1, 0.15) is 44.1 Å². The first-order valence-electron chi connectivity index (χ1n) is 10.2. The average Bonchev–Trinajstić information content (AvgIpc) is 3.02. The molecule has 0 aliphatic heterocycles. The Hall–Kier alpha value is -2.95. The molecule has 1 saturated carbocycles. The molecular weight excluding hydrogens is 346 g/mol. The molecule has 1 aliphatic rings. The van der Waals surface area contributed by atoms with Crippen molar-refractivity contribution in [3.05, 3.63) is 66.5 Å². The maximum Gasteiger partial charge on any atom is 0.163 e. The van der Waals surface area contributed by atoms with Crippen LogP contribution >= 0.6 is 0 Å². The molecule has 0 radical (unpaired) electrons. The molecule has 28 heavy (non-hydrogen) atoms. The predicted molar refractivity (Wildman–Crippen MR) is 114 cm³/mol. The van der Waals surface area contributed by atoms with Crippen molar-refractivity contribution in [2.45, 2.75) is 51.1 Å². The fraction of sp³-hybridized carbons (Fsp3) is 0.348. The van der Waals surface area contributed by atoms with E-state index in [-0.39, 0.29) is 0 Å². The molecule has 4 rings (SSSR count). The van der Waals surface area contributed by atoms with Crippen LogP contribution in [0.4, 0.5) is 11.6 Å². The third-order valence-electron chi connectivity index (χ3n) is 5.16. The van der Waals surface area contributed by atoms with Crippen LogP contribution in [0, 0.1) is 0 Å². The molecule has 0 amide bonds. The largest absolute Gasteiger partial charge is 0.367 e. The summed E-state index contributed by atoms with van der Waals surface area (Å²) in [4.78, 5) is 13.7. The van der Waals surface area contributed by atoms with Crippen LogP contribution in [0.15, 0.2) is 60.9 Å². The lowest BCUT2D eigenvalue weighted by Crippen LogP contribution is -2.19. The molecule has 0 bridgehead atoms. The fourth-order valence-corrected chi connectivity index (χ4v) is 3.66. The highest BCUT2D eigenvalue weighted by Crippen LogP contribution is 2.24. The minimum atomic E-state index is 0.493. The van der Waals surface area contributed by atoms with Crippen LogP contribution in [0.5, 0.6) is 0 Å². The van der Waals surface area contributed by atoms with Crippen molar-refractivity contribution in [1.29, 1.82) is 0 Å². The standard InChI is InChI=1S/C23H27N5/c1-2-7-13-20(12-6-1)26-22-15-21(25-17-18-9-8-14-24-16-18)27-23(28-22)19-10-4-3-5-11-19/h3-5,8-11,14-16,20H,1-2,6-7,12-13,17H2,(H2,25,26,27,28). The zero-order chi connectivity index (χ0) is 19.0. The summed E-state index contributed by atoms with van der Waals surface area (Å²) < 4.78 is 0. The van der Waals surface area contributed by atoms with E-state index in [2.05, 4.69) is 33.8 Å². The van der Waals surface area contributed by atoms with Gasteiger partial charge in [-0.15, -0.1) is 0 Å². The number of rotatable bonds is 6. The predicted octanol–water partition coefficient (Wildman–Crippen LogP) is 5.29. The Kier molecular flexibility index (Phi) is 6.12. The zero-order valence-electron chi connectivity index (χ0n) is 16.1. The molecule has 2 aromatic heterocycles. The highest BCUT2D eigenvalue weighted by Gasteiger charge is 2.14. The first-order chi connectivity index (χ1) is 13.9. The van der Waals surface area contributed by atoms with Crippen LogP contribution in [0.2, 0.25) is 0 Å². The first-order valence-corrected chi connectivity index (χ1v) is 10.2. The first kappa shape index (κ1) is 18.4. The minimum absolute atomic E-state index is 0.493. The molecule has 1 aromatic carbocycles. The second-order valence-electron chi connectivity index (χ2n) is 7.38. The Bertz CT molecular complexity index is 859. The van der Waals surface area contributed by atoms with Gasteiger partial charge in [-0.05, 0) is 24.5 Å². The van der Waals surface area contributed by atoms with E-state index >= 15 is 0 Å². The zero-order valence-corrected chi connectivity index (χ0v) is 16.1. The number of aromatic nitrogens is 3. The number of nitrogens with one attached hydrogen (secondary N) is 2. The second kappa shape index (κ2) is 9.31. The highest BCUT2D eigenvalue weighted by atomic mass is 15.1. The van der Waals surface area contributed by atoms with Gasteiger partial charge in [-0.2, -0.15) is 0 Å². The van der Waals surface area contributed by atoms with Gasteiger partial charge in [0, 0.05) is 36.6 Å². The number of benzene rings is 1. The summed E-state index contributed by atoms with van der Waals surface area (Å²) in [6, 6.07) is 16.7. The number of hydrogen-bond acceptors (Lipinski definition) is 5. The van der Waals surface area contributed by atoms with E-state index in [9.17, 15) is 0 Å². The topological polar surface area (TPSA) is 62.7 Å². The van der Waals surface area contributed by atoms with Gasteiger partial charge in [0.15, 0.2) is 5.82 Å². The molecule has 2 heterocycles. The van der Waals surface area contributed by atoms with Crippen LogP contribution in [-0.4, -0.2) is 21.0 Å². The Balaban J connectivity index is 1.57. The monoisotopic (exact) mass is 373 g/mol. The van der Waals surface area contributed by atoms with Gasteiger partial charge in [-0.25, -0.2) is 9.97 Å². The lowest BCUT2D eigenvalue weighted by Gasteiger charge is -2.18. The van der Waals surface area contributed by atoms with Gasteiger partial charge in [0.1, 0.15) is 11.6 Å². The van der Waals surface area contributed by atoms with Crippen molar-refractivity contribution < 1.29 is 0 Å². The third kappa shape index (κ3) is 5.06. The van der Waals surface area contributed by atoms with Crippen LogP contribution in [-0.2, 0) is 6.54 Å². The molecule has 0 atom stereocenters. The number of anilines is 2. The molecule has 5 heteroatoms. The maximum absolute atomic E-state index is 4.81. The smallest absolute Gasteiger partial charge is 0.163 e. The molecule has 5 nitrogen and oxygen atoms in total. The Labute approximate surface area is 166 Å². The van der Waals surface area contributed by atoms with E-state index in [0.717, 1.165) is 28.6 Å². The van der Waals surface area contributed by atoms with E-state index in [4.69, 9.17) is 9.97 Å². The summed E-state index contributed by atoms with van der Waals surface area (Å²) in [5.74, 6) is 2.47. The van der Waals surface area contributed by atoms with Gasteiger partial charge >= 0.3 is 0 Å². The van der Waals surface area contributed by atoms with E-state index in [1.54, 1.807) is 6.20 Å². The number of pyridine rings is 1. The van der Waals surface area contributed by atoms with Crippen molar-refractivity contribution in [1.82, 2.24) is 15.0 Å². The number of nitrogens with zero attached hydrogens (tertiary/aromatic N) is 3. The van der Waals surface area contributed by atoms with Gasteiger partial charge in [0.25, 0.3) is 0 Å². The molecule has 0 spiro atoms. The molecule has 3 aromatic rings. The summed E-state index contributed by atoms with van der Waals surface area (Å²) in [6.07, 6.45) is 11.4. The van der Waals surface area contributed by atoms with Crippen LogP contribution < -0.4 is 10.6 Å². The fourth-order valence-electron chi connectivity index (χ4n) is 3.66. The Morgan fingerprint density at radius 1 is 0.857 bits per heavy atom. The van der Waals surface area contributed by atoms with E-state index < -0.39 is 0 Å². The molecule has 1 fully saturated rings. The van der Waals surface area contributed by atoms with Gasteiger partial charge in [0.05, 0.1) is 0 Å². The molecule has 1 aliphatic carbocycles. The lowest BCUT2D eigenvalue weighted by molar-refractivity contribution is 0.617. The minimum Gasteiger partial charge on any atom is -0.367 e. The summed E-state index contributed by atoms with van der Waals surface area (Å²) in [5.41, 5.74) is 2.15. The van der Waals surface area contributed by atoms with Gasteiger partial charge < -0.3 is 10.6 Å². The molecular formula is C23H27N5. The molecule has 2 N–H and O–H groups in total. The van der Waals surface area contributed by atoms with Crippen molar-refractivity contribution in [2.75, 3.05) is 10.6 Å². The quantitative estimate of drug-likeness (QED) is 0.575. The molecule has 0 unspecified atom stereocenters. The van der Waals surface area contributed by atoms with E-state index in [1.165, 1.54) is 38.5 Å². The maximum atomic E-state index is 4.81. The summed E-state index contributed by atoms with van der Waals surface area (Å²) >= 11 is 0. The molecule has 0 saturated heterocycles. The third-order valence-corrected chi connectivity index (χ3v) is 5.16. The van der Waals surface area contributed by atoms with Crippen molar-refractivity contribution in [2.24, 2.45) is 0 Å². The van der Waals surface area contributed by atoms with Crippen LogP contribution in [0.3, 0.4) is 0 Å². The van der Waals surface area contributed by atoms with Crippen molar-refractivity contribution >= 4 is 11.6 Å². The number of hydrogen-bond donors (Lipinski definition) is 2. The average molecular weight is 374 g/mol. The normalized spacial score (nSPS) is 15.0. The summed E-state index contributed by atoms with van der Waals surface area (Å²) in [7, 11) is 0. The highest BCUT2D eigenvalue weighted by molar-refractivity contribution is 5.61. The summed E-state index contributed by atoms with van der Waals surface area (Å²) in [5, 5.41) is 7.10. The van der Waals surface area contributed by atoms with E-state index in [0.29, 0.717) is 12.6 Å². The Morgan fingerprint density at radius 3 is 2.39 bits per heavy atom. The van der Waals surface area contributed by atoms with E-state index in [1.807, 2.05) is 36.5 Å². The van der Waals surface area contributed by atoms with Crippen molar-refractivity contribution in [3.63, 3.8) is 0 Å². The van der Waals surface area contributed by atoms with Crippen molar-refractivity contribution in [3.8, 4) is 11.4 Å².